The molecule has 0 aliphatic rings. The molecule has 9 nitrogen and oxygen atoms in total. The molecule has 37 heavy (non-hydrogen) atoms. The van der Waals surface area contributed by atoms with Crippen molar-refractivity contribution in [2.24, 2.45) is 10.7 Å². The van der Waals surface area contributed by atoms with E-state index in [2.05, 4.69) is 15.0 Å². The lowest BCUT2D eigenvalue weighted by molar-refractivity contribution is -0.142. The van der Waals surface area contributed by atoms with Crippen LogP contribution in [0, 0.1) is 6.92 Å². The SMILES string of the molecule is Cc1ccc(S(=O)(=O)NC(N)=NCCC[C@H](NC(=O)C(c2ccccc2)c2ccccc2)C(=O)O)cc1. The number of nitrogens with two attached hydrogens (primary N) is 1. The van der Waals surface area contributed by atoms with Gasteiger partial charge in [-0.25, -0.2) is 17.9 Å². The fourth-order valence-electron chi connectivity index (χ4n) is 3.74. The number of hydrogen-bond donors (Lipinski definition) is 4. The number of aryl methyl sites for hydroxylation is 1. The van der Waals surface area contributed by atoms with Crippen LogP contribution in [-0.2, 0) is 19.6 Å². The summed E-state index contributed by atoms with van der Waals surface area (Å²) in [6, 6.07) is 23.4. The van der Waals surface area contributed by atoms with Gasteiger partial charge in [-0.1, -0.05) is 78.4 Å². The number of carboxylic acids is 1. The second-order valence-corrected chi connectivity index (χ2v) is 10.2. The number of aliphatic carboxylic acids is 1. The summed E-state index contributed by atoms with van der Waals surface area (Å²) < 4.78 is 27.0. The Hall–Kier alpha value is -4.18. The van der Waals surface area contributed by atoms with Gasteiger partial charge in [0.25, 0.3) is 10.0 Å². The van der Waals surface area contributed by atoms with E-state index in [4.69, 9.17) is 5.73 Å². The Bertz CT molecular complexity index is 1290. The Balaban J connectivity index is 1.61. The zero-order chi connectivity index (χ0) is 26.8. The third-order valence-electron chi connectivity index (χ3n) is 5.65. The molecule has 0 bridgehead atoms. The van der Waals surface area contributed by atoms with Crippen LogP contribution in [0.25, 0.3) is 0 Å². The van der Waals surface area contributed by atoms with Gasteiger partial charge >= 0.3 is 5.97 Å². The minimum atomic E-state index is -3.88. The van der Waals surface area contributed by atoms with E-state index in [9.17, 15) is 23.1 Å². The number of amides is 1. The van der Waals surface area contributed by atoms with Gasteiger partial charge in [0, 0.05) is 6.54 Å². The highest BCUT2D eigenvalue weighted by atomic mass is 32.2. The average molecular weight is 523 g/mol. The molecule has 3 aromatic rings. The van der Waals surface area contributed by atoms with E-state index in [-0.39, 0.29) is 30.2 Å². The fraction of sp³-hybridized carbons (Fsp3) is 0.222. The molecule has 5 N–H and O–H groups in total. The zero-order valence-corrected chi connectivity index (χ0v) is 21.2. The normalized spacial score (nSPS) is 12.6. The first-order chi connectivity index (χ1) is 17.7. The summed E-state index contributed by atoms with van der Waals surface area (Å²) in [5.74, 6) is -2.58. The van der Waals surface area contributed by atoms with Crippen LogP contribution in [0.5, 0.6) is 0 Å². The number of guanidine groups is 1. The summed E-state index contributed by atoms with van der Waals surface area (Å²) in [5, 5.41) is 12.3. The minimum absolute atomic E-state index is 0.0521. The topological polar surface area (TPSA) is 151 Å². The van der Waals surface area contributed by atoms with Crippen LogP contribution in [0.1, 0.15) is 35.4 Å². The summed E-state index contributed by atoms with van der Waals surface area (Å²) in [4.78, 5) is 29.1. The first-order valence-corrected chi connectivity index (χ1v) is 13.2. The molecule has 0 unspecified atom stereocenters. The predicted molar refractivity (Wildman–Crippen MR) is 142 cm³/mol. The van der Waals surface area contributed by atoms with Crippen molar-refractivity contribution in [3.05, 3.63) is 102 Å². The van der Waals surface area contributed by atoms with Crippen LogP contribution < -0.4 is 15.8 Å². The molecule has 10 heteroatoms. The van der Waals surface area contributed by atoms with Crippen LogP contribution in [0.2, 0.25) is 0 Å². The molecule has 194 valence electrons. The van der Waals surface area contributed by atoms with Crippen LogP contribution >= 0.6 is 0 Å². The monoisotopic (exact) mass is 522 g/mol. The third-order valence-corrected chi connectivity index (χ3v) is 7.02. The van der Waals surface area contributed by atoms with Gasteiger partial charge in [0.15, 0.2) is 0 Å². The van der Waals surface area contributed by atoms with Gasteiger partial charge < -0.3 is 16.2 Å². The number of carboxylic acid groups (broad SMARTS) is 1. The Morgan fingerprint density at radius 2 is 1.46 bits per heavy atom. The minimum Gasteiger partial charge on any atom is -0.480 e. The second-order valence-electron chi connectivity index (χ2n) is 8.48. The lowest BCUT2D eigenvalue weighted by atomic mass is 9.90. The molecule has 3 rings (SSSR count). The highest BCUT2D eigenvalue weighted by Gasteiger charge is 2.27. The van der Waals surface area contributed by atoms with Gasteiger partial charge in [-0.2, -0.15) is 0 Å². The van der Waals surface area contributed by atoms with Crippen LogP contribution in [-0.4, -0.2) is 43.9 Å². The Morgan fingerprint density at radius 1 is 0.919 bits per heavy atom. The van der Waals surface area contributed by atoms with Crippen molar-refractivity contribution in [1.82, 2.24) is 10.0 Å². The van der Waals surface area contributed by atoms with Gasteiger partial charge in [0.2, 0.25) is 11.9 Å². The molecule has 0 aliphatic carbocycles. The summed E-state index contributed by atoms with van der Waals surface area (Å²) >= 11 is 0. The second kappa shape index (κ2) is 12.7. The van der Waals surface area contributed by atoms with E-state index in [0.29, 0.717) is 0 Å². The number of benzene rings is 3. The smallest absolute Gasteiger partial charge is 0.326 e. The average Bonchev–Trinajstić information content (AvgIpc) is 2.87. The largest absolute Gasteiger partial charge is 0.480 e. The highest BCUT2D eigenvalue weighted by Crippen LogP contribution is 2.25. The molecule has 0 spiro atoms. The summed E-state index contributed by atoms with van der Waals surface area (Å²) in [5.41, 5.74) is 8.13. The number of sulfonamides is 1. The molecule has 1 atom stereocenters. The van der Waals surface area contributed by atoms with Gasteiger partial charge in [-0.15, -0.1) is 0 Å². The number of nitrogens with zero attached hydrogens (tertiary/aromatic N) is 1. The molecule has 0 radical (unpaired) electrons. The molecule has 3 aromatic carbocycles. The molecule has 1 amide bonds. The molecular weight excluding hydrogens is 492 g/mol. The molecule has 0 aliphatic heterocycles. The Kier molecular flexibility index (Phi) is 9.39. The van der Waals surface area contributed by atoms with Crippen molar-refractivity contribution < 1.29 is 23.1 Å². The standard InChI is InChI=1S/C27H30N4O5S/c1-19-14-16-22(17-15-19)37(35,36)31-27(28)29-18-8-13-23(26(33)34)30-25(32)24(20-9-4-2-5-10-20)21-11-6-3-7-12-21/h2-7,9-12,14-17,23-24H,8,13,18H2,1H3,(H,30,32)(H,33,34)(H3,28,29,31)/t23-/m0/s1. The molecule has 0 saturated heterocycles. The maximum Gasteiger partial charge on any atom is 0.326 e. The van der Waals surface area contributed by atoms with Crippen molar-refractivity contribution in [2.75, 3.05) is 6.54 Å². The fourth-order valence-corrected chi connectivity index (χ4v) is 4.69. The van der Waals surface area contributed by atoms with Crippen molar-refractivity contribution in [3.63, 3.8) is 0 Å². The van der Waals surface area contributed by atoms with Crippen molar-refractivity contribution in [3.8, 4) is 0 Å². The number of aliphatic imine (C=N–C) groups is 1. The maximum atomic E-state index is 13.2. The van der Waals surface area contributed by atoms with Crippen molar-refractivity contribution >= 4 is 27.9 Å². The van der Waals surface area contributed by atoms with E-state index in [1.165, 1.54) is 12.1 Å². The number of rotatable bonds is 11. The van der Waals surface area contributed by atoms with Gasteiger partial charge in [0.1, 0.15) is 6.04 Å². The van der Waals surface area contributed by atoms with Crippen LogP contribution in [0.3, 0.4) is 0 Å². The first-order valence-electron chi connectivity index (χ1n) is 11.7. The van der Waals surface area contributed by atoms with E-state index in [0.717, 1.165) is 16.7 Å². The van der Waals surface area contributed by atoms with E-state index in [1.54, 1.807) is 12.1 Å². The van der Waals surface area contributed by atoms with Gasteiger partial charge in [-0.05, 0) is 43.0 Å². The van der Waals surface area contributed by atoms with Crippen LogP contribution in [0.4, 0.5) is 0 Å². The summed E-state index contributed by atoms with van der Waals surface area (Å²) in [6.45, 7) is 1.92. The molecule has 0 saturated carbocycles. The maximum absolute atomic E-state index is 13.2. The first kappa shape index (κ1) is 27.4. The van der Waals surface area contributed by atoms with Gasteiger partial charge in [-0.3, -0.25) is 9.79 Å². The summed E-state index contributed by atoms with van der Waals surface area (Å²) in [6.07, 6.45) is 0.338. The Labute approximate surface area is 216 Å². The van der Waals surface area contributed by atoms with E-state index < -0.39 is 33.9 Å². The number of nitrogens with one attached hydrogen (secondary N) is 2. The van der Waals surface area contributed by atoms with Crippen molar-refractivity contribution in [1.29, 1.82) is 0 Å². The van der Waals surface area contributed by atoms with Crippen LogP contribution in [0.15, 0.2) is 94.8 Å². The molecular formula is C27H30N4O5S. The predicted octanol–water partition coefficient (Wildman–Crippen LogP) is 2.77. The Morgan fingerprint density at radius 3 is 1.97 bits per heavy atom. The number of hydrogen-bond acceptors (Lipinski definition) is 5. The van der Waals surface area contributed by atoms with Gasteiger partial charge in [0.05, 0.1) is 10.8 Å². The van der Waals surface area contributed by atoms with E-state index in [1.807, 2.05) is 67.6 Å². The third kappa shape index (κ3) is 7.91. The molecule has 0 heterocycles. The number of carbonyl (C=O) groups excluding carboxylic acids is 1. The van der Waals surface area contributed by atoms with Crippen molar-refractivity contribution in [2.45, 2.75) is 36.6 Å². The molecule has 0 aromatic heterocycles. The molecule has 0 fully saturated rings. The highest BCUT2D eigenvalue weighted by molar-refractivity contribution is 7.90. The lowest BCUT2D eigenvalue weighted by Crippen LogP contribution is -2.43. The van der Waals surface area contributed by atoms with E-state index >= 15 is 0 Å². The zero-order valence-electron chi connectivity index (χ0n) is 20.4. The summed E-state index contributed by atoms with van der Waals surface area (Å²) in [7, 11) is -3.88. The quantitative estimate of drug-likeness (QED) is 0.173. The number of carbonyl (C=O) groups is 2. The lowest BCUT2D eigenvalue weighted by Gasteiger charge is -2.21.